The van der Waals surface area contributed by atoms with Crippen LogP contribution in [0.5, 0.6) is 5.88 Å². The minimum atomic E-state index is -0.881. The second kappa shape index (κ2) is 6.52. The highest BCUT2D eigenvalue weighted by Gasteiger charge is 2.54. The summed E-state index contributed by atoms with van der Waals surface area (Å²) in [5.74, 6) is 0.810. The molecule has 1 aliphatic carbocycles. The minimum absolute atomic E-state index is 0.238. The molecule has 1 saturated carbocycles. The third kappa shape index (κ3) is 3.53. The van der Waals surface area contributed by atoms with Crippen molar-refractivity contribution >= 4 is 23.5 Å². The van der Waals surface area contributed by atoms with Crippen molar-refractivity contribution in [1.29, 1.82) is 0 Å². The van der Waals surface area contributed by atoms with Gasteiger partial charge in [-0.3, -0.25) is 0 Å². The number of hydrogen-bond donors (Lipinski definition) is 1. The third-order valence-corrected chi connectivity index (χ3v) is 4.75. The predicted molar refractivity (Wildman–Crippen MR) is 85.9 cm³/mol. The van der Waals surface area contributed by atoms with Gasteiger partial charge < -0.3 is 19.5 Å². The van der Waals surface area contributed by atoms with Crippen LogP contribution in [0.2, 0.25) is 0 Å². The molecule has 1 saturated heterocycles. The number of ether oxygens (including phenoxy) is 2. The van der Waals surface area contributed by atoms with Gasteiger partial charge in [0.15, 0.2) is 5.16 Å². The fraction of sp³-hybridized carbons (Fsp3) is 0.667. The Morgan fingerprint density at radius 2 is 2.09 bits per heavy atom. The summed E-state index contributed by atoms with van der Waals surface area (Å²) in [5.41, 5.74) is -0.881. The second-order valence-corrected chi connectivity index (χ2v) is 6.63. The van der Waals surface area contributed by atoms with Crippen molar-refractivity contribution in [1.82, 2.24) is 9.97 Å². The summed E-state index contributed by atoms with van der Waals surface area (Å²) in [6.07, 6.45) is 4.39. The number of nitrogens with zero attached hydrogens (tertiary/aromatic N) is 3. The van der Waals surface area contributed by atoms with Crippen molar-refractivity contribution in [2.75, 3.05) is 31.4 Å². The van der Waals surface area contributed by atoms with Crippen LogP contribution in [0.4, 0.5) is 5.82 Å². The highest BCUT2D eigenvalue weighted by molar-refractivity contribution is 7.98. The zero-order valence-electron chi connectivity index (χ0n) is 13.3. The van der Waals surface area contributed by atoms with E-state index >= 15 is 0 Å². The molecule has 0 spiro atoms. The molecule has 0 aromatic carbocycles. The molecule has 8 heteroatoms. The number of esters is 1. The van der Waals surface area contributed by atoms with Gasteiger partial charge in [-0.2, -0.15) is 4.98 Å². The lowest BCUT2D eigenvalue weighted by atomic mass is 10.1. The van der Waals surface area contributed by atoms with Crippen molar-refractivity contribution in [2.45, 2.75) is 42.5 Å². The van der Waals surface area contributed by atoms with E-state index in [1.54, 1.807) is 6.07 Å². The van der Waals surface area contributed by atoms with Crippen LogP contribution in [-0.4, -0.2) is 59.2 Å². The van der Waals surface area contributed by atoms with Crippen molar-refractivity contribution in [3.63, 3.8) is 0 Å². The van der Waals surface area contributed by atoms with E-state index in [4.69, 9.17) is 9.47 Å². The lowest BCUT2D eigenvalue weighted by Crippen LogP contribution is -2.36. The maximum absolute atomic E-state index is 11.8. The van der Waals surface area contributed by atoms with E-state index in [0.717, 1.165) is 31.7 Å². The molecule has 0 unspecified atom stereocenters. The van der Waals surface area contributed by atoms with Crippen LogP contribution in [0.1, 0.15) is 25.7 Å². The van der Waals surface area contributed by atoms with Gasteiger partial charge in [0.2, 0.25) is 11.5 Å². The van der Waals surface area contributed by atoms with Crippen molar-refractivity contribution in [3.05, 3.63) is 6.07 Å². The maximum Gasteiger partial charge on any atom is 0.350 e. The maximum atomic E-state index is 11.8. The summed E-state index contributed by atoms with van der Waals surface area (Å²) in [5, 5.41) is 10.2. The van der Waals surface area contributed by atoms with Gasteiger partial charge in [0.1, 0.15) is 5.82 Å². The van der Waals surface area contributed by atoms with E-state index < -0.39 is 5.60 Å². The fourth-order valence-corrected chi connectivity index (χ4v) is 3.01. The molecule has 0 amide bonds. The first kappa shape index (κ1) is 16.3. The molecule has 0 radical (unpaired) electrons. The molecular weight excluding hydrogens is 318 g/mol. The van der Waals surface area contributed by atoms with Crippen LogP contribution in [0.15, 0.2) is 11.2 Å². The largest absolute Gasteiger partial charge is 0.466 e. The van der Waals surface area contributed by atoms with Crippen LogP contribution in [0.25, 0.3) is 0 Å². The molecule has 2 fully saturated rings. The molecule has 1 N–H and O–H groups in total. The molecule has 0 bridgehead atoms. The van der Waals surface area contributed by atoms with Crippen LogP contribution in [0, 0.1) is 0 Å². The SMILES string of the molecule is COC(=O)C1(Oc2cc(N3CCC(O)CC3)nc(SC)n2)CC1. The fourth-order valence-electron chi connectivity index (χ4n) is 2.64. The van der Waals surface area contributed by atoms with E-state index in [0.29, 0.717) is 23.9 Å². The number of thioether (sulfide) groups is 1. The van der Waals surface area contributed by atoms with E-state index in [1.807, 2.05) is 6.26 Å². The van der Waals surface area contributed by atoms with Gasteiger partial charge in [-0.05, 0) is 19.1 Å². The normalized spacial score (nSPS) is 20.2. The van der Waals surface area contributed by atoms with E-state index in [9.17, 15) is 9.90 Å². The summed E-state index contributed by atoms with van der Waals surface area (Å²) < 4.78 is 10.7. The molecule has 23 heavy (non-hydrogen) atoms. The van der Waals surface area contributed by atoms with Gasteiger partial charge in [-0.15, -0.1) is 0 Å². The summed E-state index contributed by atoms with van der Waals surface area (Å²) in [6.45, 7) is 1.49. The van der Waals surface area contributed by atoms with Gasteiger partial charge in [0.25, 0.3) is 0 Å². The zero-order chi connectivity index (χ0) is 16.4. The van der Waals surface area contributed by atoms with Crippen LogP contribution in [-0.2, 0) is 9.53 Å². The summed E-state index contributed by atoms with van der Waals surface area (Å²) in [4.78, 5) is 22.8. The van der Waals surface area contributed by atoms with Gasteiger partial charge in [-0.1, -0.05) is 11.8 Å². The highest BCUT2D eigenvalue weighted by Crippen LogP contribution is 2.41. The van der Waals surface area contributed by atoms with Crippen molar-refractivity contribution < 1.29 is 19.4 Å². The number of hydrogen-bond acceptors (Lipinski definition) is 8. The molecule has 3 rings (SSSR count). The topological polar surface area (TPSA) is 84.8 Å². The molecule has 126 valence electrons. The number of aliphatic hydroxyl groups excluding tert-OH is 1. The number of carbonyl (C=O) groups is 1. The van der Waals surface area contributed by atoms with Crippen LogP contribution >= 0.6 is 11.8 Å². The molecule has 1 aliphatic heterocycles. The number of piperidine rings is 1. The Bertz CT molecular complexity index is 586. The summed E-state index contributed by atoms with van der Waals surface area (Å²) in [7, 11) is 1.36. The minimum Gasteiger partial charge on any atom is -0.466 e. The number of anilines is 1. The standard InChI is InChI=1S/C15H21N3O4S/c1-21-13(20)15(5-6-15)22-12-9-11(16-14(17-12)23-2)18-7-3-10(19)4-8-18/h9-10,19H,3-8H2,1-2H3. The molecule has 1 aromatic heterocycles. The molecule has 0 atom stereocenters. The molecule has 7 nitrogen and oxygen atoms in total. The molecule has 1 aromatic rings. The van der Waals surface area contributed by atoms with Crippen molar-refractivity contribution in [3.8, 4) is 5.88 Å². The lowest BCUT2D eigenvalue weighted by Gasteiger charge is -2.30. The van der Waals surface area contributed by atoms with Crippen molar-refractivity contribution in [2.24, 2.45) is 0 Å². The van der Waals surface area contributed by atoms with E-state index in [-0.39, 0.29) is 12.1 Å². The average molecular weight is 339 g/mol. The van der Waals surface area contributed by atoms with E-state index in [2.05, 4.69) is 14.9 Å². The van der Waals surface area contributed by atoms with Gasteiger partial charge >= 0.3 is 5.97 Å². The Kier molecular flexibility index (Phi) is 4.63. The Balaban J connectivity index is 1.81. The number of carbonyl (C=O) groups excluding carboxylic acids is 1. The number of aromatic nitrogens is 2. The average Bonchev–Trinajstić information content (AvgIpc) is 3.35. The Hall–Kier alpha value is -1.54. The predicted octanol–water partition coefficient (Wildman–Crippen LogP) is 1.24. The zero-order valence-corrected chi connectivity index (χ0v) is 14.1. The monoisotopic (exact) mass is 339 g/mol. The summed E-state index contributed by atoms with van der Waals surface area (Å²) >= 11 is 1.43. The Morgan fingerprint density at radius 3 is 2.65 bits per heavy atom. The number of aliphatic hydroxyl groups is 1. The van der Waals surface area contributed by atoms with Gasteiger partial charge in [0.05, 0.1) is 13.2 Å². The highest BCUT2D eigenvalue weighted by atomic mass is 32.2. The van der Waals surface area contributed by atoms with Crippen LogP contribution < -0.4 is 9.64 Å². The van der Waals surface area contributed by atoms with Gasteiger partial charge in [0, 0.05) is 32.0 Å². The first-order chi connectivity index (χ1) is 11.1. The first-order valence-electron chi connectivity index (χ1n) is 7.70. The van der Waals surface area contributed by atoms with E-state index in [1.165, 1.54) is 18.9 Å². The molecular formula is C15H21N3O4S. The first-order valence-corrected chi connectivity index (χ1v) is 8.92. The smallest absolute Gasteiger partial charge is 0.350 e. The number of methoxy groups -OCH3 is 1. The lowest BCUT2D eigenvalue weighted by molar-refractivity contribution is -0.151. The Labute approximate surface area is 139 Å². The second-order valence-electron chi connectivity index (χ2n) is 5.86. The number of rotatable bonds is 5. The summed E-state index contributed by atoms with van der Waals surface area (Å²) in [6, 6.07) is 1.76. The third-order valence-electron chi connectivity index (χ3n) is 4.20. The Morgan fingerprint density at radius 1 is 1.39 bits per heavy atom. The van der Waals surface area contributed by atoms with Gasteiger partial charge in [-0.25, -0.2) is 9.78 Å². The molecule has 2 aliphatic rings. The quantitative estimate of drug-likeness (QED) is 0.487. The van der Waals surface area contributed by atoms with Crippen LogP contribution in [0.3, 0.4) is 0 Å². The molecule has 2 heterocycles.